The number of aromatic amines is 1. The van der Waals surface area contributed by atoms with Crippen molar-refractivity contribution in [2.24, 2.45) is 0 Å². The number of fused-ring (bicyclic) bond motifs is 1. The zero-order valence-corrected chi connectivity index (χ0v) is 20.2. The summed E-state index contributed by atoms with van der Waals surface area (Å²) in [7, 11) is -3.67. The number of pyridine rings is 2. The van der Waals surface area contributed by atoms with E-state index < -0.39 is 21.8 Å². The lowest BCUT2D eigenvalue weighted by Gasteiger charge is -2.32. The standard InChI is InChI=1S/C25H24F3N5O2S/c1-16-21-8-11-29-24(21)31-15-22(16)17-2-5-20(6-3-17)36(34,35)33-12-9-19(10-13-33)32-23-7-4-18(14-30-23)25(26,27)28/h2-8,11,14-15,19H,9-10,12-13H2,1H3,(H,29,31)(H,30,32). The third kappa shape index (κ3) is 4.68. The molecule has 1 fully saturated rings. The molecule has 0 saturated carbocycles. The summed E-state index contributed by atoms with van der Waals surface area (Å²) >= 11 is 0. The van der Waals surface area contributed by atoms with Gasteiger partial charge in [-0.05, 0) is 61.2 Å². The predicted molar refractivity (Wildman–Crippen MR) is 131 cm³/mol. The van der Waals surface area contributed by atoms with Crippen LogP contribution in [0.3, 0.4) is 0 Å². The highest BCUT2D eigenvalue weighted by atomic mass is 32.2. The van der Waals surface area contributed by atoms with Crippen LogP contribution >= 0.6 is 0 Å². The number of anilines is 1. The topological polar surface area (TPSA) is 91.0 Å². The molecule has 1 aliphatic rings. The Kier molecular flexibility index (Phi) is 6.21. The molecule has 11 heteroatoms. The molecule has 0 aliphatic carbocycles. The first kappa shape index (κ1) is 24.3. The maximum atomic E-state index is 13.2. The van der Waals surface area contributed by atoms with Gasteiger partial charge in [0, 0.05) is 48.7 Å². The molecular weight excluding hydrogens is 491 g/mol. The van der Waals surface area contributed by atoms with Gasteiger partial charge in [-0.2, -0.15) is 17.5 Å². The Balaban J connectivity index is 1.24. The van der Waals surface area contributed by atoms with Gasteiger partial charge >= 0.3 is 6.18 Å². The van der Waals surface area contributed by atoms with E-state index in [4.69, 9.17) is 0 Å². The Bertz CT molecular complexity index is 1480. The van der Waals surface area contributed by atoms with Crippen LogP contribution in [0.2, 0.25) is 0 Å². The summed E-state index contributed by atoms with van der Waals surface area (Å²) in [4.78, 5) is 11.6. The highest BCUT2D eigenvalue weighted by molar-refractivity contribution is 7.89. The molecule has 4 heterocycles. The zero-order chi connectivity index (χ0) is 25.5. The maximum absolute atomic E-state index is 13.2. The van der Waals surface area contributed by atoms with E-state index in [-0.39, 0.29) is 10.9 Å². The van der Waals surface area contributed by atoms with Crippen molar-refractivity contribution in [3.8, 4) is 11.1 Å². The first-order valence-corrected chi connectivity index (χ1v) is 12.9. The average Bonchev–Trinajstić information content (AvgIpc) is 3.35. The van der Waals surface area contributed by atoms with Crippen LogP contribution in [0.25, 0.3) is 22.2 Å². The molecule has 1 aromatic carbocycles. The maximum Gasteiger partial charge on any atom is 0.417 e. The molecule has 1 saturated heterocycles. The fourth-order valence-electron chi connectivity index (χ4n) is 4.48. The van der Waals surface area contributed by atoms with E-state index in [9.17, 15) is 21.6 Å². The molecule has 2 N–H and O–H groups in total. The van der Waals surface area contributed by atoms with Gasteiger partial charge in [-0.15, -0.1) is 0 Å². The summed E-state index contributed by atoms with van der Waals surface area (Å²) in [6.07, 6.45) is 1.00. The summed E-state index contributed by atoms with van der Waals surface area (Å²) < 4.78 is 66.0. The van der Waals surface area contributed by atoms with Gasteiger partial charge in [-0.25, -0.2) is 18.4 Å². The van der Waals surface area contributed by atoms with Crippen LogP contribution in [0, 0.1) is 6.92 Å². The molecule has 0 spiro atoms. The number of benzene rings is 1. The van der Waals surface area contributed by atoms with Crippen LogP contribution in [-0.4, -0.2) is 46.8 Å². The van der Waals surface area contributed by atoms with E-state index in [0.717, 1.165) is 40.0 Å². The SMILES string of the molecule is Cc1c(-c2ccc(S(=O)(=O)N3CCC(Nc4ccc(C(F)(F)F)cn4)CC3)cc2)cnc2[nH]ccc12. The number of halogens is 3. The molecule has 0 radical (unpaired) electrons. The van der Waals surface area contributed by atoms with Crippen molar-refractivity contribution >= 4 is 26.9 Å². The minimum absolute atomic E-state index is 0.0816. The number of sulfonamides is 1. The number of hydrogen-bond donors (Lipinski definition) is 2. The van der Waals surface area contributed by atoms with Crippen molar-refractivity contribution in [2.45, 2.75) is 36.9 Å². The summed E-state index contributed by atoms with van der Waals surface area (Å²) in [5.41, 5.74) is 2.89. The van der Waals surface area contributed by atoms with E-state index >= 15 is 0 Å². The van der Waals surface area contributed by atoms with Crippen molar-refractivity contribution in [2.75, 3.05) is 18.4 Å². The largest absolute Gasteiger partial charge is 0.417 e. The van der Waals surface area contributed by atoms with Crippen molar-refractivity contribution in [1.29, 1.82) is 0 Å². The average molecular weight is 516 g/mol. The Morgan fingerprint density at radius 3 is 2.36 bits per heavy atom. The number of nitrogens with one attached hydrogen (secondary N) is 2. The van der Waals surface area contributed by atoms with Crippen molar-refractivity contribution in [1.82, 2.24) is 19.3 Å². The Morgan fingerprint density at radius 2 is 1.72 bits per heavy atom. The second-order valence-electron chi connectivity index (χ2n) is 8.81. The molecule has 188 valence electrons. The van der Waals surface area contributed by atoms with Gasteiger partial charge in [0.25, 0.3) is 0 Å². The molecule has 0 atom stereocenters. The lowest BCUT2D eigenvalue weighted by atomic mass is 10.0. The third-order valence-corrected chi connectivity index (χ3v) is 8.47. The highest BCUT2D eigenvalue weighted by Gasteiger charge is 2.32. The molecule has 3 aromatic heterocycles. The minimum Gasteiger partial charge on any atom is -0.367 e. The molecule has 4 aromatic rings. The molecule has 1 aliphatic heterocycles. The zero-order valence-electron chi connectivity index (χ0n) is 19.4. The van der Waals surface area contributed by atoms with Gasteiger partial charge in [-0.3, -0.25) is 0 Å². The van der Waals surface area contributed by atoms with Gasteiger partial charge in [0.15, 0.2) is 0 Å². The third-order valence-electron chi connectivity index (χ3n) is 6.56. The normalized spacial score (nSPS) is 15.9. The van der Waals surface area contributed by atoms with Gasteiger partial charge in [0.2, 0.25) is 10.0 Å². The van der Waals surface area contributed by atoms with E-state index in [1.807, 2.05) is 19.2 Å². The summed E-state index contributed by atoms with van der Waals surface area (Å²) in [6.45, 7) is 2.61. The van der Waals surface area contributed by atoms with Gasteiger partial charge < -0.3 is 10.3 Å². The van der Waals surface area contributed by atoms with Crippen LogP contribution in [0.15, 0.2) is 66.0 Å². The quantitative estimate of drug-likeness (QED) is 0.381. The summed E-state index contributed by atoms with van der Waals surface area (Å²) in [5, 5.41) is 4.13. The van der Waals surface area contributed by atoms with Crippen LogP contribution in [-0.2, 0) is 16.2 Å². The second-order valence-corrected chi connectivity index (χ2v) is 10.8. The number of piperidine rings is 1. The molecule has 7 nitrogen and oxygen atoms in total. The Morgan fingerprint density at radius 1 is 1.00 bits per heavy atom. The monoisotopic (exact) mass is 515 g/mol. The number of rotatable bonds is 5. The molecule has 36 heavy (non-hydrogen) atoms. The first-order valence-electron chi connectivity index (χ1n) is 11.5. The van der Waals surface area contributed by atoms with E-state index in [1.165, 1.54) is 10.4 Å². The molecule has 0 unspecified atom stereocenters. The highest BCUT2D eigenvalue weighted by Crippen LogP contribution is 2.31. The molecule has 0 amide bonds. The van der Waals surface area contributed by atoms with Crippen molar-refractivity contribution in [3.63, 3.8) is 0 Å². The molecule has 5 rings (SSSR count). The molecular formula is C25H24F3N5O2S. The smallest absolute Gasteiger partial charge is 0.367 e. The van der Waals surface area contributed by atoms with Gasteiger partial charge in [0.05, 0.1) is 10.5 Å². The first-order chi connectivity index (χ1) is 17.1. The second kappa shape index (κ2) is 9.21. The fraction of sp³-hybridized carbons (Fsp3) is 0.280. The number of H-pyrrole nitrogens is 1. The van der Waals surface area contributed by atoms with Crippen LogP contribution in [0.4, 0.5) is 19.0 Å². The van der Waals surface area contributed by atoms with Crippen LogP contribution in [0.5, 0.6) is 0 Å². The van der Waals surface area contributed by atoms with Crippen molar-refractivity contribution in [3.05, 3.63) is 72.2 Å². The van der Waals surface area contributed by atoms with Crippen molar-refractivity contribution < 1.29 is 21.6 Å². The van der Waals surface area contributed by atoms with Crippen LogP contribution in [0.1, 0.15) is 24.0 Å². The number of alkyl halides is 3. The Hall–Kier alpha value is -3.44. The lowest BCUT2D eigenvalue weighted by Crippen LogP contribution is -2.42. The number of nitrogens with zero attached hydrogens (tertiary/aromatic N) is 3. The lowest BCUT2D eigenvalue weighted by molar-refractivity contribution is -0.137. The minimum atomic E-state index is -4.44. The Labute approximate surface area is 206 Å². The van der Waals surface area contributed by atoms with Gasteiger partial charge in [0.1, 0.15) is 11.5 Å². The van der Waals surface area contributed by atoms with E-state index in [0.29, 0.717) is 31.7 Å². The van der Waals surface area contributed by atoms with Crippen LogP contribution < -0.4 is 5.32 Å². The van der Waals surface area contributed by atoms with Gasteiger partial charge in [-0.1, -0.05) is 12.1 Å². The summed E-state index contributed by atoms with van der Waals surface area (Å²) in [6, 6.07) is 11.0. The van der Waals surface area contributed by atoms with E-state index in [1.54, 1.807) is 30.5 Å². The predicted octanol–water partition coefficient (Wildman–Crippen LogP) is 5.22. The molecule has 0 bridgehead atoms. The fourth-order valence-corrected chi connectivity index (χ4v) is 5.95. The van der Waals surface area contributed by atoms with E-state index in [2.05, 4.69) is 20.3 Å². The summed E-state index contributed by atoms with van der Waals surface area (Å²) in [5.74, 6) is 0.336. The number of aromatic nitrogens is 3. The number of aryl methyl sites for hydroxylation is 1. The number of hydrogen-bond acceptors (Lipinski definition) is 5.